The van der Waals surface area contributed by atoms with Gasteiger partial charge >= 0.3 is 0 Å². The number of amides is 1. The Hall–Kier alpha value is -1.55. The van der Waals surface area contributed by atoms with Gasteiger partial charge in [0.05, 0.1) is 12.6 Å². The maximum atomic E-state index is 12.8. The summed E-state index contributed by atoms with van der Waals surface area (Å²) in [6.07, 6.45) is 6.43. The van der Waals surface area contributed by atoms with Crippen LogP contribution < -0.4 is 15.4 Å². The van der Waals surface area contributed by atoms with Crippen LogP contribution in [0.1, 0.15) is 70.9 Å². The average molecular weight is 359 g/mol. The lowest BCUT2D eigenvalue weighted by atomic mass is 9.89. The van der Waals surface area contributed by atoms with Gasteiger partial charge in [-0.3, -0.25) is 4.79 Å². The standard InChI is InChI=1S/C22H34N2O2/c1-4-26-21-8-6-5-7-19(21)20(11-15(2)3)24-22(25)14-16-12-17-9-10-18(13-16)23-17/h5-8,15-18,20,23H,4,9-14H2,1-3H3,(H,24,25). The number of nitrogens with one attached hydrogen (secondary N) is 2. The third-order valence-electron chi connectivity index (χ3n) is 5.68. The van der Waals surface area contributed by atoms with Crippen molar-refractivity contribution < 1.29 is 9.53 Å². The zero-order valence-electron chi connectivity index (χ0n) is 16.5. The molecule has 0 spiro atoms. The largest absolute Gasteiger partial charge is 0.494 e. The normalized spacial score (nSPS) is 25.9. The van der Waals surface area contributed by atoms with Crippen molar-refractivity contribution in [2.45, 2.75) is 77.4 Å². The van der Waals surface area contributed by atoms with Gasteiger partial charge in [-0.25, -0.2) is 0 Å². The van der Waals surface area contributed by atoms with Crippen LogP contribution in [0.25, 0.3) is 0 Å². The van der Waals surface area contributed by atoms with Gasteiger partial charge in [-0.1, -0.05) is 32.0 Å². The highest BCUT2D eigenvalue weighted by Crippen LogP contribution is 2.34. The first-order valence-electron chi connectivity index (χ1n) is 10.3. The number of rotatable bonds is 8. The first kappa shape index (κ1) is 19.2. The van der Waals surface area contributed by atoms with Crippen LogP contribution in [0.15, 0.2) is 24.3 Å². The van der Waals surface area contributed by atoms with Crippen LogP contribution in [0.3, 0.4) is 0 Å². The first-order valence-corrected chi connectivity index (χ1v) is 10.3. The number of benzene rings is 1. The Labute approximate surface area is 158 Å². The van der Waals surface area contributed by atoms with E-state index in [1.54, 1.807) is 0 Å². The molecule has 26 heavy (non-hydrogen) atoms. The zero-order valence-corrected chi connectivity index (χ0v) is 16.5. The Bertz CT molecular complexity index is 590. The molecule has 2 fully saturated rings. The molecule has 4 nitrogen and oxygen atoms in total. The van der Waals surface area contributed by atoms with Gasteiger partial charge in [0.25, 0.3) is 0 Å². The summed E-state index contributed by atoms with van der Waals surface area (Å²) in [5, 5.41) is 6.98. The van der Waals surface area contributed by atoms with E-state index in [0.29, 0.717) is 36.9 Å². The van der Waals surface area contributed by atoms with Crippen molar-refractivity contribution in [2.24, 2.45) is 11.8 Å². The molecule has 2 bridgehead atoms. The molecular formula is C22H34N2O2. The maximum Gasteiger partial charge on any atom is 0.220 e. The Morgan fingerprint density at radius 3 is 2.58 bits per heavy atom. The van der Waals surface area contributed by atoms with E-state index >= 15 is 0 Å². The van der Waals surface area contributed by atoms with E-state index < -0.39 is 0 Å². The molecule has 2 N–H and O–H groups in total. The molecule has 2 saturated heterocycles. The highest BCUT2D eigenvalue weighted by molar-refractivity contribution is 5.77. The Morgan fingerprint density at radius 1 is 1.23 bits per heavy atom. The van der Waals surface area contributed by atoms with Crippen molar-refractivity contribution in [3.63, 3.8) is 0 Å². The highest BCUT2D eigenvalue weighted by Gasteiger charge is 2.34. The third-order valence-corrected chi connectivity index (χ3v) is 5.68. The molecule has 3 rings (SSSR count). The lowest BCUT2D eigenvalue weighted by Crippen LogP contribution is -2.40. The molecular weight excluding hydrogens is 324 g/mol. The second-order valence-corrected chi connectivity index (χ2v) is 8.40. The predicted molar refractivity (Wildman–Crippen MR) is 105 cm³/mol. The molecule has 3 atom stereocenters. The van der Waals surface area contributed by atoms with Crippen molar-refractivity contribution in [2.75, 3.05) is 6.61 Å². The fourth-order valence-electron chi connectivity index (χ4n) is 4.65. The van der Waals surface area contributed by atoms with Crippen molar-refractivity contribution in [1.29, 1.82) is 0 Å². The molecule has 0 radical (unpaired) electrons. The Morgan fingerprint density at radius 2 is 1.92 bits per heavy atom. The van der Waals surface area contributed by atoms with Gasteiger partial charge in [0, 0.05) is 24.1 Å². The van der Waals surface area contributed by atoms with Crippen LogP contribution in [-0.4, -0.2) is 24.6 Å². The average Bonchev–Trinajstić information content (AvgIpc) is 2.93. The fourth-order valence-corrected chi connectivity index (χ4v) is 4.65. The number of carbonyl (C=O) groups excluding carboxylic acids is 1. The van der Waals surface area contributed by atoms with Crippen LogP contribution in [0, 0.1) is 11.8 Å². The number of piperidine rings is 1. The van der Waals surface area contributed by atoms with E-state index in [2.05, 4.69) is 30.5 Å². The molecule has 144 valence electrons. The summed E-state index contributed by atoms with van der Waals surface area (Å²) in [4.78, 5) is 12.8. The predicted octanol–water partition coefficient (Wildman–Crippen LogP) is 4.21. The molecule has 3 unspecified atom stereocenters. The topological polar surface area (TPSA) is 50.4 Å². The summed E-state index contributed by atoms with van der Waals surface area (Å²) in [7, 11) is 0. The molecule has 1 amide bonds. The van der Waals surface area contributed by atoms with Crippen molar-refractivity contribution in [1.82, 2.24) is 10.6 Å². The number of hydrogen-bond acceptors (Lipinski definition) is 3. The van der Waals surface area contributed by atoms with E-state index in [1.807, 2.05) is 25.1 Å². The molecule has 0 aliphatic carbocycles. The number of carbonyl (C=O) groups is 1. The number of hydrogen-bond donors (Lipinski definition) is 2. The van der Waals surface area contributed by atoms with Gasteiger partial charge in [-0.05, 0) is 56.9 Å². The van der Waals surface area contributed by atoms with Crippen LogP contribution in [0.4, 0.5) is 0 Å². The summed E-state index contributed by atoms with van der Waals surface area (Å²) in [6.45, 7) is 7.04. The SMILES string of the molecule is CCOc1ccccc1C(CC(C)C)NC(=O)CC1CC2CCC(C1)N2. The summed E-state index contributed by atoms with van der Waals surface area (Å²) >= 11 is 0. The fraction of sp³-hybridized carbons (Fsp3) is 0.682. The highest BCUT2D eigenvalue weighted by atomic mass is 16.5. The molecule has 0 saturated carbocycles. The van der Waals surface area contributed by atoms with E-state index in [-0.39, 0.29) is 11.9 Å². The number of ether oxygens (including phenoxy) is 1. The van der Waals surface area contributed by atoms with Crippen LogP contribution in [-0.2, 0) is 4.79 Å². The quantitative estimate of drug-likeness (QED) is 0.732. The Kier molecular flexibility index (Phi) is 6.58. The lowest BCUT2D eigenvalue weighted by molar-refractivity contribution is -0.123. The monoisotopic (exact) mass is 358 g/mol. The van der Waals surface area contributed by atoms with E-state index in [9.17, 15) is 4.79 Å². The smallest absolute Gasteiger partial charge is 0.220 e. The first-order chi connectivity index (χ1) is 12.5. The molecule has 4 heteroatoms. The molecule has 2 aliphatic rings. The van der Waals surface area contributed by atoms with Gasteiger partial charge in [-0.15, -0.1) is 0 Å². The van der Waals surface area contributed by atoms with Crippen molar-refractivity contribution >= 4 is 5.91 Å². The summed E-state index contributed by atoms with van der Waals surface area (Å²) in [5.41, 5.74) is 1.10. The van der Waals surface area contributed by atoms with Crippen LogP contribution >= 0.6 is 0 Å². The second kappa shape index (κ2) is 8.90. The minimum absolute atomic E-state index is 0.0173. The van der Waals surface area contributed by atoms with Gasteiger partial charge in [0.15, 0.2) is 0 Å². The minimum atomic E-state index is 0.0173. The number of para-hydroxylation sites is 1. The van der Waals surface area contributed by atoms with Gasteiger partial charge < -0.3 is 15.4 Å². The molecule has 2 aliphatic heterocycles. The molecule has 1 aromatic carbocycles. The second-order valence-electron chi connectivity index (χ2n) is 8.40. The number of fused-ring (bicyclic) bond motifs is 2. The zero-order chi connectivity index (χ0) is 18.5. The summed E-state index contributed by atoms with van der Waals surface area (Å²) in [5.74, 6) is 2.11. The van der Waals surface area contributed by atoms with Crippen molar-refractivity contribution in [3.8, 4) is 5.75 Å². The Balaban J connectivity index is 1.65. The van der Waals surface area contributed by atoms with Crippen molar-refractivity contribution in [3.05, 3.63) is 29.8 Å². The molecule has 0 aromatic heterocycles. The summed E-state index contributed by atoms with van der Waals surface area (Å²) in [6, 6.07) is 9.40. The molecule has 2 heterocycles. The van der Waals surface area contributed by atoms with E-state index in [0.717, 1.165) is 30.6 Å². The van der Waals surface area contributed by atoms with Crippen LogP contribution in [0.2, 0.25) is 0 Å². The summed E-state index contributed by atoms with van der Waals surface area (Å²) < 4.78 is 5.81. The maximum absolute atomic E-state index is 12.8. The third kappa shape index (κ3) is 5.00. The minimum Gasteiger partial charge on any atom is -0.494 e. The molecule has 1 aromatic rings. The van der Waals surface area contributed by atoms with E-state index in [4.69, 9.17) is 4.74 Å². The van der Waals surface area contributed by atoms with Crippen LogP contribution in [0.5, 0.6) is 5.75 Å². The lowest BCUT2D eigenvalue weighted by Gasteiger charge is -2.29. The van der Waals surface area contributed by atoms with Gasteiger partial charge in [-0.2, -0.15) is 0 Å². The van der Waals surface area contributed by atoms with E-state index in [1.165, 1.54) is 12.8 Å². The van der Waals surface area contributed by atoms with Gasteiger partial charge in [0.1, 0.15) is 5.75 Å². The van der Waals surface area contributed by atoms with Gasteiger partial charge in [0.2, 0.25) is 5.91 Å².